The van der Waals surface area contributed by atoms with Gasteiger partial charge < -0.3 is 10.2 Å². The number of amides is 2. The van der Waals surface area contributed by atoms with E-state index in [1.165, 1.54) is 23.1 Å². The molecule has 1 fully saturated rings. The largest absolute Gasteiger partial charge is 0.338 e. The van der Waals surface area contributed by atoms with Crippen LogP contribution in [-0.2, 0) is 4.79 Å². The van der Waals surface area contributed by atoms with Crippen LogP contribution in [0, 0.1) is 23.0 Å². The van der Waals surface area contributed by atoms with E-state index in [-0.39, 0.29) is 28.1 Å². The van der Waals surface area contributed by atoms with Gasteiger partial charge in [0.05, 0.1) is 4.92 Å². The van der Waals surface area contributed by atoms with Crippen molar-refractivity contribution in [2.24, 2.45) is 5.92 Å². The number of carbonyl (C=O) groups is 2. The lowest BCUT2D eigenvalue weighted by atomic mass is 9.95. The molecule has 0 bridgehead atoms. The van der Waals surface area contributed by atoms with Crippen molar-refractivity contribution >= 4 is 34.9 Å². The molecular weight excluding hydrogens is 384 g/mol. The van der Waals surface area contributed by atoms with Gasteiger partial charge in [0, 0.05) is 36.3 Å². The summed E-state index contributed by atoms with van der Waals surface area (Å²) >= 11 is 5.80. The molecule has 2 amide bonds. The highest BCUT2D eigenvalue weighted by Gasteiger charge is 2.31. The number of hydrogen-bond donors (Lipinski definition) is 1. The van der Waals surface area contributed by atoms with Crippen LogP contribution in [0.25, 0.3) is 0 Å². The van der Waals surface area contributed by atoms with Crippen molar-refractivity contribution in [3.63, 3.8) is 0 Å². The lowest BCUT2D eigenvalue weighted by Gasteiger charge is -2.31. The maximum atomic E-state index is 12.7. The van der Waals surface area contributed by atoms with E-state index < -0.39 is 10.8 Å². The van der Waals surface area contributed by atoms with Crippen LogP contribution in [0.5, 0.6) is 0 Å². The van der Waals surface area contributed by atoms with Gasteiger partial charge in [-0.05, 0) is 49.6 Å². The van der Waals surface area contributed by atoms with E-state index in [2.05, 4.69) is 10.3 Å². The van der Waals surface area contributed by atoms with Crippen LogP contribution in [0.3, 0.4) is 0 Å². The molecule has 28 heavy (non-hydrogen) atoms. The van der Waals surface area contributed by atoms with Crippen molar-refractivity contribution in [1.82, 2.24) is 9.88 Å². The van der Waals surface area contributed by atoms with Crippen LogP contribution >= 0.6 is 11.6 Å². The van der Waals surface area contributed by atoms with Gasteiger partial charge >= 0.3 is 0 Å². The number of piperidine rings is 1. The number of aryl methyl sites for hydroxylation is 1. The van der Waals surface area contributed by atoms with Crippen LogP contribution in [0.2, 0.25) is 5.02 Å². The average molecular weight is 403 g/mol. The minimum atomic E-state index is -0.617. The molecule has 0 spiro atoms. The molecule has 0 saturated carbocycles. The monoisotopic (exact) mass is 402 g/mol. The first-order chi connectivity index (χ1) is 13.3. The number of nitrogens with one attached hydrogen (secondary N) is 1. The lowest BCUT2D eigenvalue weighted by Crippen LogP contribution is -2.41. The lowest BCUT2D eigenvalue weighted by molar-refractivity contribution is -0.385. The van der Waals surface area contributed by atoms with Crippen molar-refractivity contribution < 1.29 is 14.5 Å². The fourth-order valence-electron chi connectivity index (χ4n) is 3.18. The molecule has 1 aromatic carbocycles. The Morgan fingerprint density at radius 2 is 1.96 bits per heavy atom. The molecule has 0 unspecified atom stereocenters. The molecule has 1 aromatic heterocycles. The number of likely N-dealkylation sites (tertiary alicyclic amines) is 1. The standard InChI is InChI=1S/C19H19ClN4O4/c1-12-4-7-21-17(10-12)22-18(25)13-5-8-23(9-6-13)19(26)15-3-2-14(20)11-16(15)24(27)28/h2-4,7,10-11,13H,5-6,8-9H2,1H3,(H,21,22,25). The normalized spacial score (nSPS) is 14.6. The summed E-state index contributed by atoms with van der Waals surface area (Å²) in [6, 6.07) is 7.62. The Bertz CT molecular complexity index is 926. The predicted molar refractivity (Wildman–Crippen MR) is 104 cm³/mol. The van der Waals surface area contributed by atoms with E-state index in [1.807, 2.05) is 13.0 Å². The average Bonchev–Trinajstić information content (AvgIpc) is 2.67. The number of aromatic nitrogens is 1. The number of benzene rings is 1. The molecule has 8 nitrogen and oxygen atoms in total. The van der Waals surface area contributed by atoms with E-state index in [0.717, 1.165) is 5.56 Å². The second kappa shape index (κ2) is 8.35. The van der Waals surface area contributed by atoms with E-state index in [0.29, 0.717) is 31.7 Å². The summed E-state index contributed by atoms with van der Waals surface area (Å²) in [5.41, 5.74) is 0.680. The van der Waals surface area contributed by atoms with Crippen molar-refractivity contribution in [3.05, 3.63) is 62.8 Å². The van der Waals surface area contributed by atoms with Gasteiger partial charge in [0.15, 0.2) is 0 Å². The van der Waals surface area contributed by atoms with E-state index in [1.54, 1.807) is 12.3 Å². The quantitative estimate of drug-likeness (QED) is 0.622. The second-order valence-corrected chi connectivity index (χ2v) is 7.13. The number of anilines is 1. The van der Waals surface area contributed by atoms with Gasteiger partial charge in [-0.25, -0.2) is 4.98 Å². The number of carbonyl (C=O) groups excluding carboxylic acids is 2. The van der Waals surface area contributed by atoms with Crippen LogP contribution in [0.4, 0.5) is 11.5 Å². The number of nitro benzene ring substituents is 1. The highest BCUT2D eigenvalue weighted by Crippen LogP contribution is 2.27. The highest BCUT2D eigenvalue weighted by molar-refractivity contribution is 6.31. The number of hydrogen-bond acceptors (Lipinski definition) is 5. The number of rotatable bonds is 4. The summed E-state index contributed by atoms with van der Waals surface area (Å²) in [4.78, 5) is 41.4. The van der Waals surface area contributed by atoms with Gasteiger partial charge in [-0.1, -0.05) is 11.6 Å². The molecule has 0 aliphatic carbocycles. The summed E-state index contributed by atoms with van der Waals surface area (Å²) in [7, 11) is 0. The number of pyridine rings is 1. The van der Waals surface area contributed by atoms with E-state index in [4.69, 9.17) is 11.6 Å². The summed E-state index contributed by atoms with van der Waals surface area (Å²) in [6.45, 7) is 2.60. The number of nitro groups is 1. The molecule has 1 saturated heterocycles. The Balaban J connectivity index is 1.63. The van der Waals surface area contributed by atoms with Crippen LogP contribution in [0.15, 0.2) is 36.5 Å². The zero-order valence-corrected chi connectivity index (χ0v) is 16.0. The van der Waals surface area contributed by atoms with Gasteiger partial charge in [-0.3, -0.25) is 19.7 Å². The molecule has 0 radical (unpaired) electrons. The maximum Gasteiger partial charge on any atom is 0.283 e. The molecule has 2 aromatic rings. The fourth-order valence-corrected chi connectivity index (χ4v) is 3.35. The molecule has 1 N–H and O–H groups in total. The third-order valence-electron chi connectivity index (χ3n) is 4.71. The minimum absolute atomic E-state index is 0.00117. The Kier molecular flexibility index (Phi) is 5.89. The first-order valence-corrected chi connectivity index (χ1v) is 9.19. The number of nitrogens with zero attached hydrogens (tertiary/aromatic N) is 3. The minimum Gasteiger partial charge on any atom is -0.338 e. The summed E-state index contributed by atoms with van der Waals surface area (Å²) in [6.07, 6.45) is 2.58. The van der Waals surface area contributed by atoms with Gasteiger partial charge in [-0.15, -0.1) is 0 Å². The maximum absolute atomic E-state index is 12.7. The summed E-state index contributed by atoms with van der Waals surface area (Å²) < 4.78 is 0. The number of halogens is 1. The zero-order valence-electron chi connectivity index (χ0n) is 15.2. The predicted octanol–water partition coefficient (Wildman–Crippen LogP) is 3.44. The second-order valence-electron chi connectivity index (χ2n) is 6.69. The van der Waals surface area contributed by atoms with Crippen molar-refractivity contribution in [1.29, 1.82) is 0 Å². The SMILES string of the molecule is Cc1ccnc(NC(=O)C2CCN(C(=O)c3ccc(Cl)cc3[N+](=O)[O-])CC2)c1. The van der Waals surface area contributed by atoms with Gasteiger partial charge in [0.2, 0.25) is 5.91 Å². The smallest absolute Gasteiger partial charge is 0.283 e. The molecule has 146 valence electrons. The summed E-state index contributed by atoms with van der Waals surface area (Å²) in [5.74, 6) is -0.308. The molecule has 1 aliphatic heterocycles. The molecule has 0 atom stereocenters. The zero-order chi connectivity index (χ0) is 20.3. The van der Waals surface area contributed by atoms with Crippen LogP contribution in [0.1, 0.15) is 28.8 Å². The van der Waals surface area contributed by atoms with Crippen molar-refractivity contribution in [3.8, 4) is 0 Å². The molecule has 2 heterocycles. The molecular formula is C19H19ClN4O4. The van der Waals surface area contributed by atoms with Crippen LogP contribution in [-0.4, -0.2) is 39.7 Å². The topological polar surface area (TPSA) is 105 Å². The Hall–Kier alpha value is -3.00. The van der Waals surface area contributed by atoms with Crippen LogP contribution < -0.4 is 5.32 Å². The highest BCUT2D eigenvalue weighted by atomic mass is 35.5. The third kappa shape index (κ3) is 4.45. The fraction of sp³-hybridized carbons (Fsp3) is 0.316. The first-order valence-electron chi connectivity index (χ1n) is 8.82. The van der Waals surface area contributed by atoms with Crippen molar-refractivity contribution in [2.75, 3.05) is 18.4 Å². The molecule has 1 aliphatic rings. The first kappa shape index (κ1) is 19.8. The van der Waals surface area contributed by atoms with E-state index >= 15 is 0 Å². The Morgan fingerprint density at radius 3 is 2.61 bits per heavy atom. The third-order valence-corrected chi connectivity index (χ3v) is 4.94. The van der Waals surface area contributed by atoms with Gasteiger partial charge in [0.25, 0.3) is 11.6 Å². The Morgan fingerprint density at radius 1 is 1.25 bits per heavy atom. The Labute approximate surface area is 166 Å². The van der Waals surface area contributed by atoms with Gasteiger partial charge in [0.1, 0.15) is 11.4 Å². The molecule has 3 rings (SSSR count). The van der Waals surface area contributed by atoms with E-state index in [9.17, 15) is 19.7 Å². The summed E-state index contributed by atoms with van der Waals surface area (Å²) in [5, 5.41) is 14.2. The van der Waals surface area contributed by atoms with Crippen molar-refractivity contribution in [2.45, 2.75) is 19.8 Å². The molecule has 9 heteroatoms. The van der Waals surface area contributed by atoms with Gasteiger partial charge in [-0.2, -0.15) is 0 Å².